The summed E-state index contributed by atoms with van der Waals surface area (Å²) in [6.45, 7) is 3.08. The van der Waals surface area contributed by atoms with Crippen LogP contribution in [0, 0.1) is 0 Å². The summed E-state index contributed by atoms with van der Waals surface area (Å²) in [6.07, 6.45) is -0.113. The van der Waals surface area contributed by atoms with Crippen LogP contribution in [0.3, 0.4) is 0 Å². The van der Waals surface area contributed by atoms with Crippen LogP contribution >= 0.6 is 0 Å². The number of hydrogen-bond acceptors (Lipinski definition) is 6. The van der Waals surface area contributed by atoms with Gasteiger partial charge in [0.2, 0.25) is 0 Å². The van der Waals surface area contributed by atoms with Crippen LogP contribution in [-0.4, -0.2) is 64.4 Å². The van der Waals surface area contributed by atoms with Crippen LogP contribution in [-0.2, 0) is 14.3 Å². The lowest BCUT2D eigenvalue weighted by Gasteiger charge is -2.36. The third-order valence-electron chi connectivity index (χ3n) is 2.26. The normalized spacial score (nSPS) is 25.6. The molecule has 0 radical (unpaired) electrons. The zero-order valence-electron chi connectivity index (χ0n) is 9.44. The monoisotopic (exact) mass is 219 g/mol. The van der Waals surface area contributed by atoms with Gasteiger partial charge in [-0.25, -0.2) is 0 Å². The standard InChI is InChI=1S/C9H21N3O3/c1-11-8-7-14-9(8)13-6-4-12(2)15-5-3-10/h8-9,11H,3-7,10H2,1-2H3/t8?,9-/m1/s1. The SMILES string of the molecule is CNC1CO[C@H]1OCCN(C)OCCN. The van der Waals surface area contributed by atoms with E-state index in [9.17, 15) is 0 Å². The lowest BCUT2D eigenvalue weighted by Crippen LogP contribution is -2.54. The maximum Gasteiger partial charge on any atom is 0.175 e. The van der Waals surface area contributed by atoms with Gasteiger partial charge in [-0.1, -0.05) is 0 Å². The van der Waals surface area contributed by atoms with Crippen LogP contribution in [0.4, 0.5) is 0 Å². The van der Waals surface area contributed by atoms with E-state index in [1.807, 2.05) is 14.1 Å². The fraction of sp³-hybridized carbons (Fsp3) is 1.00. The van der Waals surface area contributed by atoms with Crippen molar-refractivity contribution in [2.24, 2.45) is 5.73 Å². The van der Waals surface area contributed by atoms with Gasteiger partial charge in [0.15, 0.2) is 6.29 Å². The molecule has 1 aliphatic heterocycles. The number of nitrogens with zero attached hydrogens (tertiary/aromatic N) is 1. The number of hydrogen-bond donors (Lipinski definition) is 2. The summed E-state index contributed by atoms with van der Waals surface area (Å²) in [4.78, 5) is 5.25. The summed E-state index contributed by atoms with van der Waals surface area (Å²) in [5, 5.41) is 4.83. The summed E-state index contributed by atoms with van der Waals surface area (Å²) in [7, 11) is 3.76. The zero-order chi connectivity index (χ0) is 11.1. The molecule has 0 saturated carbocycles. The van der Waals surface area contributed by atoms with Crippen LogP contribution in [0.5, 0.6) is 0 Å². The second-order valence-corrected chi connectivity index (χ2v) is 3.44. The van der Waals surface area contributed by atoms with E-state index >= 15 is 0 Å². The molecule has 0 amide bonds. The molecular weight excluding hydrogens is 198 g/mol. The summed E-state index contributed by atoms with van der Waals surface area (Å²) < 4.78 is 10.7. The Morgan fingerprint density at radius 3 is 2.87 bits per heavy atom. The Labute approximate surface area is 90.6 Å². The lowest BCUT2D eigenvalue weighted by atomic mass is 10.2. The first kappa shape index (κ1) is 12.8. The number of ether oxygens (including phenoxy) is 2. The third kappa shape index (κ3) is 4.42. The molecule has 1 fully saturated rings. The Balaban J connectivity index is 1.96. The Bertz CT molecular complexity index is 169. The van der Waals surface area contributed by atoms with E-state index in [0.717, 1.165) is 6.61 Å². The summed E-state index contributed by atoms with van der Waals surface area (Å²) in [5.41, 5.74) is 5.31. The van der Waals surface area contributed by atoms with E-state index in [4.69, 9.17) is 20.0 Å². The zero-order valence-corrected chi connectivity index (χ0v) is 9.44. The van der Waals surface area contributed by atoms with Crippen LogP contribution in [0.1, 0.15) is 0 Å². The van der Waals surface area contributed by atoms with Gasteiger partial charge in [0, 0.05) is 20.1 Å². The van der Waals surface area contributed by atoms with E-state index in [-0.39, 0.29) is 6.29 Å². The van der Waals surface area contributed by atoms with Crippen LogP contribution in [0.2, 0.25) is 0 Å². The van der Waals surface area contributed by atoms with Crippen molar-refractivity contribution in [3.63, 3.8) is 0 Å². The predicted molar refractivity (Wildman–Crippen MR) is 56.2 cm³/mol. The molecular formula is C9H21N3O3. The molecule has 6 nitrogen and oxygen atoms in total. The maximum absolute atomic E-state index is 5.49. The quantitative estimate of drug-likeness (QED) is 0.498. The van der Waals surface area contributed by atoms with Gasteiger partial charge < -0.3 is 20.5 Å². The van der Waals surface area contributed by atoms with Crippen molar-refractivity contribution < 1.29 is 14.3 Å². The van der Waals surface area contributed by atoms with Gasteiger partial charge in [-0.05, 0) is 7.05 Å². The van der Waals surface area contributed by atoms with Gasteiger partial charge in [0.25, 0.3) is 0 Å². The molecule has 0 spiro atoms. The molecule has 15 heavy (non-hydrogen) atoms. The number of likely N-dealkylation sites (N-methyl/N-ethyl adjacent to an activating group) is 2. The van der Waals surface area contributed by atoms with E-state index in [2.05, 4.69) is 5.32 Å². The highest BCUT2D eigenvalue weighted by Gasteiger charge is 2.31. The number of nitrogens with one attached hydrogen (secondary N) is 1. The highest BCUT2D eigenvalue weighted by Crippen LogP contribution is 2.12. The first-order valence-corrected chi connectivity index (χ1v) is 5.22. The van der Waals surface area contributed by atoms with E-state index in [0.29, 0.717) is 32.3 Å². The molecule has 0 aromatic rings. The maximum atomic E-state index is 5.49. The minimum Gasteiger partial charge on any atom is -0.349 e. The molecule has 3 N–H and O–H groups in total. The first-order chi connectivity index (χ1) is 7.27. The van der Waals surface area contributed by atoms with Crippen molar-refractivity contribution >= 4 is 0 Å². The molecule has 2 atom stereocenters. The topological polar surface area (TPSA) is 69.0 Å². The van der Waals surface area contributed by atoms with E-state index in [1.165, 1.54) is 0 Å². The third-order valence-corrected chi connectivity index (χ3v) is 2.26. The highest BCUT2D eigenvalue weighted by molar-refractivity contribution is 4.76. The Morgan fingerprint density at radius 1 is 1.53 bits per heavy atom. The molecule has 90 valence electrons. The second kappa shape index (κ2) is 7.10. The van der Waals surface area contributed by atoms with Crippen molar-refractivity contribution in [1.29, 1.82) is 0 Å². The summed E-state index contributed by atoms with van der Waals surface area (Å²) in [5.74, 6) is 0. The van der Waals surface area contributed by atoms with Gasteiger partial charge in [0.05, 0.1) is 25.9 Å². The van der Waals surface area contributed by atoms with Gasteiger partial charge in [-0.15, -0.1) is 0 Å². The number of nitrogens with two attached hydrogens (primary N) is 1. The second-order valence-electron chi connectivity index (χ2n) is 3.44. The van der Waals surface area contributed by atoms with Gasteiger partial charge in [-0.2, -0.15) is 5.06 Å². The largest absolute Gasteiger partial charge is 0.349 e. The molecule has 1 rings (SSSR count). The van der Waals surface area contributed by atoms with Crippen LogP contribution in [0.25, 0.3) is 0 Å². The van der Waals surface area contributed by atoms with Crippen LogP contribution in [0.15, 0.2) is 0 Å². The molecule has 6 heteroatoms. The molecule has 1 unspecified atom stereocenters. The Kier molecular flexibility index (Phi) is 6.07. The molecule has 1 saturated heterocycles. The fourth-order valence-corrected chi connectivity index (χ4v) is 1.23. The van der Waals surface area contributed by atoms with E-state index in [1.54, 1.807) is 5.06 Å². The average molecular weight is 219 g/mol. The number of rotatable bonds is 8. The molecule has 0 aromatic heterocycles. The van der Waals surface area contributed by atoms with Gasteiger partial charge in [-0.3, -0.25) is 4.84 Å². The Hall–Kier alpha value is -0.240. The van der Waals surface area contributed by atoms with Crippen molar-refractivity contribution in [2.45, 2.75) is 12.3 Å². The van der Waals surface area contributed by atoms with Crippen molar-refractivity contribution in [2.75, 3.05) is 47.0 Å². The lowest BCUT2D eigenvalue weighted by molar-refractivity contribution is -0.244. The van der Waals surface area contributed by atoms with E-state index < -0.39 is 0 Å². The predicted octanol–water partition coefficient (Wildman–Crippen LogP) is -1.23. The molecule has 1 aliphatic rings. The van der Waals surface area contributed by atoms with Crippen LogP contribution < -0.4 is 11.1 Å². The van der Waals surface area contributed by atoms with Crippen molar-refractivity contribution in [3.8, 4) is 0 Å². The Morgan fingerprint density at radius 2 is 2.33 bits per heavy atom. The smallest absolute Gasteiger partial charge is 0.175 e. The average Bonchev–Trinajstić information content (AvgIpc) is 2.20. The van der Waals surface area contributed by atoms with Crippen molar-refractivity contribution in [3.05, 3.63) is 0 Å². The van der Waals surface area contributed by atoms with Gasteiger partial charge in [0.1, 0.15) is 0 Å². The fourth-order valence-electron chi connectivity index (χ4n) is 1.23. The minimum absolute atomic E-state index is 0.113. The summed E-state index contributed by atoms with van der Waals surface area (Å²) in [6, 6.07) is 0.320. The number of hydroxylamine groups is 2. The van der Waals surface area contributed by atoms with Gasteiger partial charge >= 0.3 is 0 Å². The highest BCUT2D eigenvalue weighted by atomic mass is 16.7. The first-order valence-electron chi connectivity index (χ1n) is 5.22. The summed E-state index contributed by atoms with van der Waals surface area (Å²) >= 11 is 0. The van der Waals surface area contributed by atoms with Crippen molar-refractivity contribution in [1.82, 2.24) is 10.4 Å². The molecule has 0 aromatic carbocycles. The minimum atomic E-state index is -0.113. The molecule has 0 aliphatic carbocycles. The molecule has 0 bridgehead atoms. The molecule has 1 heterocycles.